The summed E-state index contributed by atoms with van der Waals surface area (Å²) in [5.41, 5.74) is 11.0. The second-order valence-electron chi connectivity index (χ2n) is 9.44. The van der Waals surface area contributed by atoms with Gasteiger partial charge in [-0.25, -0.2) is 25.9 Å². The van der Waals surface area contributed by atoms with Crippen molar-refractivity contribution in [2.45, 2.75) is 25.8 Å². The first-order valence-corrected chi connectivity index (χ1v) is 13.5. The topological polar surface area (TPSA) is 138 Å². The number of hydrazone groups is 1. The van der Waals surface area contributed by atoms with Crippen molar-refractivity contribution in [3.8, 4) is 11.5 Å². The van der Waals surface area contributed by atoms with Gasteiger partial charge in [-0.1, -0.05) is 36.4 Å². The fraction of sp³-hybridized carbons (Fsp3) is 0.226. The predicted octanol–water partition coefficient (Wildman–Crippen LogP) is 4.80. The normalized spacial score (nSPS) is 11.7. The summed E-state index contributed by atoms with van der Waals surface area (Å²) in [6.45, 7) is 2.49. The molecule has 0 aliphatic rings. The van der Waals surface area contributed by atoms with Crippen LogP contribution >= 0.6 is 0 Å². The molecule has 4 amide bonds. The van der Waals surface area contributed by atoms with Gasteiger partial charge in [-0.15, -0.1) is 0 Å². The van der Waals surface area contributed by atoms with Crippen LogP contribution in [0.2, 0.25) is 0 Å². The number of nitrogens with one attached hydrogen (secondary N) is 5. The lowest BCUT2D eigenvalue weighted by Gasteiger charge is -2.17. The van der Waals surface area contributed by atoms with Gasteiger partial charge < -0.3 is 20.1 Å². The second-order valence-corrected chi connectivity index (χ2v) is 9.44. The molecule has 1 aromatic heterocycles. The maximum atomic E-state index is 12.3. The summed E-state index contributed by atoms with van der Waals surface area (Å²) in [7, 11) is 3.23. The Balaban J connectivity index is 1.21. The zero-order valence-corrected chi connectivity index (χ0v) is 23.8. The highest BCUT2D eigenvalue weighted by atomic mass is 16.5. The SMILES string of the molecule is COc1ccc(/C(=N/NC(=O)NNC(=O)NCCCC(C)Nc2cc(OC)cc3cccnc23)c2ccccc2)cc1. The van der Waals surface area contributed by atoms with Crippen molar-refractivity contribution >= 4 is 34.4 Å². The number of hydrogen-bond acceptors (Lipinski definition) is 7. The van der Waals surface area contributed by atoms with Gasteiger partial charge in [0.2, 0.25) is 0 Å². The van der Waals surface area contributed by atoms with Gasteiger partial charge in [0.25, 0.3) is 0 Å². The third kappa shape index (κ3) is 8.34. The first-order valence-electron chi connectivity index (χ1n) is 13.5. The molecule has 0 fully saturated rings. The highest BCUT2D eigenvalue weighted by Crippen LogP contribution is 2.28. The number of nitrogens with zero attached hydrogens (tertiary/aromatic N) is 2. The number of carbonyl (C=O) groups excluding carboxylic acids is 2. The smallest absolute Gasteiger partial charge is 0.353 e. The molecular formula is C31H35N7O4. The van der Waals surface area contributed by atoms with Crippen LogP contribution in [0.25, 0.3) is 10.9 Å². The summed E-state index contributed by atoms with van der Waals surface area (Å²) in [6, 6.07) is 23.4. The predicted molar refractivity (Wildman–Crippen MR) is 164 cm³/mol. The molecule has 1 heterocycles. The van der Waals surface area contributed by atoms with Crippen molar-refractivity contribution in [1.29, 1.82) is 0 Å². The number of hydrazine groups is 1. The molecule has 0 bridgehead atoms. The number of amides is 4. The van der Waals surface area contributed by atoms with Crippen molar-refractivity contribution in [1.82, 2.24) is 26.6 Å². The molecule has 1 unspecified atom stereocenters. The molecule has 1 atom stereocenters. The van der Waals surface area contributed by atoms with Gasteiger partial charge >= 0.3 is 12.1 Å². The van der Waals surface area contributed by atoms with Crippen LogP contribution in [0.5, 0.6) is 11.5 Å². The molecule has 0 aliphatic carbocycles. The fourth-order valence-electron chi connectivity index (χ4n) is 4.27. The Morgan fingerprint density at radius 2 is 1.57 bits per heavy atom. The Labute approximate surface area is 244 Å². The van der Waals surface area contributed by atoms with Crippen molar-refractivity contribution in [3.05, 3.63) is 96.2 Å². The summed E-state index contributed by atoms with van der Waals surface area (Å²) >= 11 is 0. The molecule has 42 heavy (non-hydrogen) atoms. The third-order valence-corrected chi connectivity index (χ3v) is 6.38. The molecule has 11 heteroatoms. The molecule has 0 aliphatic heterocycles. The van der Waals surface area contributed by atoms with Crippen LogP contribution in [-0.4, -0.2) is 49.6 Å². The average molecular weight is 570 g/mol. The number of anilines is 1. The number of carbonyl (C=O) groups is 2. The lowest BCUT2D eigenvalue weighted by atomic mass is 10.0. The van der Waals surface area contributed by atoms with E-state index in [0.29, 0.717) is 18.0 Å². The van der Waals surface area contributed by atoms with Gasteiger partial charge in [0.15, 0.2) is 0 Å². The summed E-state index contributed by atoms with van der Waals surface area (Å²) in [5.74, 6) is 1.46. The van der Waals surface area contributed by atoms with Gasteiger partial charge in [-0.2, -0.15) is 5.10 Å². The van der Waals surface area contributed by atoms with E-state index in [9.17, 15) is 9.59 Å². The van der Waals surface area contributed by atoms with E-state index >= 15 is 0 Å². The van der Waals surface area contributed by atoms with Crippen LogP contribution in [0.4, 0.5) is 15.3 Å². The summed E-state index contributed by atoms with van der Waals surface area (Å²) in [4.78, 5) is 29.0. The Morgan fingerprint density at radius 1 is 0.857 bits per heavy atom. The summed E-state index contributed by atoms with van der Waals surface area (Å²) < 4.78 is 10.6. The minimum atomic E-state index is -0.691. The first-order chi connectivity index (χ1) is 20.5. The molecule has 218 valence electrons. The minimum Gasteiger partial charge on any atom is -0.497 e. The van der Waals surface area contributed by atoms with Crippen LogP contribution in [-0.2, 0) is 0 Å². The lowest BCUT2D eigenvalue weighted by Crippen LogP contribution is -2.49. The molecule has 0 spiro atoms. The zero-order valence-electron chi connectivity index (χ0n) is 23.8. The van der Waals surface area contributed by atoms with Crippen LogP contribution in [0.15, 0.2) is 90.2 Å². The monoisotopic (exact) mass is 569 g/mol. The first kappa shape index (κ1) is 29.7. The molecule has 5 N–H and O–H groups in total. The van der Waals surface area contributed by atoms with Crippen molar-refractivity contribution in [2.24, 2.45) is 5.10 Å². The summed E-state index contributed by atoms with van der Waals surface area (Å²) in [5, 5.41) is 11.5. The maximum absolute atomic E-state index is 12.3. The highest BCUT2D eigenvalue weighted by molar-refractivity contribution is 6.13. The number of urea groups is 2. The number of hydrogen-bond donors (Lipinski definition) is 5. The van der Waals surface area contributed by atoms with Crippen LogP contribution in [0.1, 0.15) is 30.9 Å². The van der Waals surface area contributed by atoms with E-state index < -0.39 is 12.1 Å². The zero-order chi connectivity index (χ0) is 29.7. The number of pyridine rings is 1. The molecule has 0 saturated carbocycles. The number of rotatable bonds is 11. The quantitative estimate of drug-likeness (QED) is 0.1000. The second kappa shape index (κ2) is 14.9. The Morgan fingerprint density at radius 3 is 2.31 bits per heavy atom. The Hall–Kier alpha value is -5.32. The van der Waals surface area contributed by atoms with Crippen LogP contribution < -0.4 is 36.4 Å². The number of fused-ring (bicyclic) bond motifs is 1. The van der Waals surface area contributed by atoms with Gasteiger partial charge in [-0.3, -0.25) is 4.98 Å². The van der Waals surface area contributed by atoms with Crippen LogP contribution in [0.3, 0.4) is 0 Å². The van der Waals surface area contributed by atoms with Gasteiger partial charge in [0, 0.05) is 41.4 Å². The van der Waals surface area contributed by atoms with E-state index in [-0.39, 0.29) is 6.04 Å². The van der Waals surface area contributed by atoms with E-state index in [4.69, 9.17) is 9.47 Å². The van der Waals surface area contributed by atoms with Gasteiger partial charge in [0.05, 0.1) is 31.1 Å². The number of aromatic nitrogens is 1. The average Bonchev–Trinajstić information content (AvgIpc) is 3.03. The molecule has 4 aromatic rings. The summed E-state index contributed by atoms with van der Waals surface area (Å²) in [6.07, 6.45) is 3.27. The standard InChI is InChI=1S/C31H35N7O4/c1-21(34-27-20-26(42-3)19-24-12-8-17-32-29(24)27)9-7-18-33-30(39)36-38-31(40)37-35-28(22-10-5-4-6-11-22)23-13-15-25(41-2)16-14-23/h4-6,8,10-17,19-21,34H,7,9,18H2,1-3H3,(H2,33,36,39)(H2,37,38,40)/b35-28+. The van der Waals surface area contributed by atoms with E-state index in [1.54, 1.807) is 20.4 Å². The van der Waals surface area contributed by atoms with E-state index in [1.165, 1.54) is 0 Å². The number of benzene rings is 3. The highest BCUT2D eigenvalue weighted by Gasteiger charge is 2.11. The van der Waals surface area contributed by atoms with Gasteiger partial charge in [0.1, 0.15) is 11.5 Å². The minimum absolute atomic E-state index is 0.124. The molecule has 0 radical (unpaired) electrons. The maximum Gasteiger partial charge on any atom is 0.353 e. The van der Waals surface area contributed by atoms with Crippen LogP contribution in [0, 0.1) is 0 Å². The Bertz CT molecular complexity index is 1510. The third-order valence-electron chi connectivity index (χ3n) is 6.38. The largest absolute Gasteiger partial charge is 0.497 e. The number of ether oxygens (including phenoxy) is 2. The van der Waals surface area contributed by atoms with E-state index in [2.05, 4.69) is 43.9 Å². The van der Waals surface area contributed by atoms with E-state index in [0.717, 1.165) is 46.3 Å². The van der Waals surface area contributed by atoms with Crippen molar-refractivity contribution in [3.63, 3.8) is 0 Å². The lowest BCUT2D eigenvalue weighted by molar-refractivity contribution is 0.224. The molecular weight excluding hydrogens is 534 g/mol. The Kier molecular flexibility index (Phi) is 10.5. The van der Waals surface area contributed by atoms with Crippen molar-refractivity contribution < 1.29 is 19.1 Å². The van der Waals surface area contributed by atoms with Crippen molar-refractivity contribution in [2.75, 3.05) is 26.1 Å². The molecule has 4 rings (SSSR count). The molecule has 3 aromatic carbocycles. The fourth-order valence-corrected chi connectivity index (χ4v) is 4.27. The molecule has 11 nitrogen and oxygen atoms in total. The molecule has 0 saturated heterocycles. The van der Waals surface area contributed by atoms with E-state index in [1.807, 2.05) is 78.9 Å². The number of methoxy groups -OCH3 is 2. The van der Waals surface area contributed by atoms with Gasteiger partial charge in [-0.05, 0) is 56.2 Å².